The molecule has 0 saturated heterocycles. The van der Waals surface area contributed by atoms with Gasteiger partial charge in [-0.3, -0.25) is 0 Å². The largest absolute Gasteiger partial charge is 0.208 e. The molecule has 1 aromatic heterocycles. The summed E-state index contributed by atoms with van der Waals surface area (Å²) in [6.45, 7) is 4.34. The van der Waals surface area contributed by atoms with Gasteiger partial charge in [-0.1, -0.05) is 230 Å². The minimum Gasteiger partial charge on any atom is -0.208 e. The average molecular weight is 894 g/mol. The van der Waals surface area contributed by atoms with Gasteiger partial charge in [0.15, 0.2) is 17.5 Å². The van der Waals surface area contributed by atoms with Gasteiger partial charge in [-0.25, -0.2) is 15.0 Å². The van der Waals surface area contributed by atoms with Crippen LogP contribution in [0.5, 0.6) is 0 Å². The van der Waals surface area contributed by atoms with Crippen LogP contribution >= 0.6 is 0 Å². The maximum Gasteiger partial charge on any atom is 0.164 e. The summed E-state index contributed by atoms with van der Waals surface area (Å²) in [4.78, 5) is 15.2. The van der Waals surface area contributed by atoms with Crippen molar-refractivity contribution < 1.29 is 0 Å². The number of fused-ring (bicyclic) bond motifs is 6. The molecule has 330 valence electrons. The highest BCUT2D eigenvalue weighted by Crippen LogP contribution is 2.58. The van der Waals surface area contributed by atoms with Crippen molar-refractivity contribution in [2.24, 2.45) is 0 Å². The summed E-state index contributed by atoms with van der Waals surface area (Å²) in [5, 5.41) is 0. The fourth-order valence-corrected chi connectivity index (χ4v) is 11.2. The number of nitrogens with zero attached hydrogens (tertiary/aromatic N) is 3. The van der Waals surface area contributed by atoms with E-state index in [1.54, 1.807) is 0 Å². The Morgan fingerprint density at radius 2 is 0.771 bits per heavy atom. The molecular formula is C67H47N3. The molecule has 3 nitrogen and oxygen atoms in total. The summed E-state index contributed by atoms with van der Waals surface area (Å²) in [5.41, 5.74) is 23.6. The highest BCUT2D eigenvalue weighted by atomic mass is 15.0. The van der Waals surface area contributed by atoms with Crippen LogP contribution in [0.15, 0.2) is 243 Å². The van der Waals surface area contributed by atoms with Crippen molar-refractivity contribution in [3.05, 3.63) is 293 Å². The van der Waals surface area contributed by atoms with E-state index >= 15 is 0 Å². The Morgan fingerprint density at radius 1 is 0.300 bits per heavy atom. The van der Waals surface area contributed by atoms with Crippen molar-refractivity contribution in [3.63, 3.8) is 0 Å². The van der Waals surface area contributed by atoms with Crippen LogP contribution in [0.2, 0.25) is 0 Å². The van der Waals surface area contributed by atoms with Crippen LogP contribution in [0.4, 0.5) is 0 Å². The SMILES string of the molecule is Cc1ccc(C2(c3ccc(C)cc3)c3ccc(-c4ccc5c(c4)-c4ccccc4C5c4ccccc4)cc3-c3ccc(-c4cccc(-c5nc(-c6ccccc6)nc(-c6ccccc6)n5)c4)cc32)cc1. The molecule has 11 aromatic rings. The Kier molecular flexibility index (Phi) is 9.92. The fourth-order valence-electron chi connectivity index (χ4n) is 11.2. The van der Waals surface area contributed by atoms with Gasteiger partial charge in [0.05, 0.1) is 5.41 Å². The topological polar surface area (TPSA) is 38.7 Å². The molecule has 2 aliphatic rings. The molecule has 13 rings (SSSR count). The van der Waals surface area contributed by atoms with E-state index in [4.69, 9.17) is 15.0 Å². The molecule has 0 aliphatic heterocycles. The molecule has 70 heavy (non-hydrogen) atoms. The highest BCUT2D eigenvalue weighted by molar-refractivity contribution is 5.92. The molecule has 2 aliphatic carbocycles. The van der Waals surface area contributed by atoms with Crippen molar-refractivity contribution >= 4 is 0 Å². The van der Waals surface area contributed by atoms with Gasteiger partial charge in [-0.15, -0.1) is 0 Å². The second kappa shape index (κ2) is 16.8. The smallest absolute Gasteiger partial charge is 0.164 e. The number of hydrogen-bond acceptors (Lipinski definition) is 3. The second-order valence-electron chi connectivity index (χ2n) is 18.9. The van der Waals surface area contributed by atoms with Crippen LogP contribution in [0.1, 0.15) is 56.0 Å². The maximum atomic E-state index is 5.09. The molecule has 0 radical (unpaired) electrons. The summed E-state index contributed by atoms with van der Waals surface area (Å²) in [6, 6.07) is 88.7. The summed E-state index contributed by atoms with van der Waals surface area (Å²) in [7, 11) is 0. The molecular weight excluding hydrogens is 847 g/mol. The van der Waals surface area contributed by atoms with Gasteiger partial charge in [0.25, 0.3) is 0 Å². The first kappa shape index (κ1) is 41.4. The van der Waals surface area contributed by atoms with Crippen LogP contribution in [-0.4, -0.2) is 15.0 Å². The van der Waals surface area contributed by atoms with E-state index in [0.717, 1.165) is 27.8 Å². The number of aryl methyl sites for hydroxylation is 2. The summed E-state index contributed by atoms with van der Waals surface area (Å²) < 4.78 is 0. The molecule has 10 aromatic carbocycles. The molecule has 1 atom stereocenters. The summed E-state index contributed by atoms with van der Waals surface area (Å²) in [6.07, 6.45) is 0. The normalized spacial score (nSPS) is 13.8. The Balaban J connectivity index is 0.977. The third-order valence-corrected chi connectivity index (χ3v) is 14.7. The quantitative estimate of drug-likeness (QED) is 0.153. The monoisotopic (exact) mass is 893 g/mol. The van der Waals surface area contributed by atoms with Crippen LogP contribution < -0.4 is 0 Å². The van der Waals surface area contributed by atoms with E-state index in [2.05, 4.69) is 220 Å². The first-order valence-electron chi connectivity index (χ1n) is 24.2. The van der Waals surface area contributed by atoms with Gasteiger partial charge < -0.3 is 0 Å². The summed E-state index contributed by atoms with van der Waals surface area (Å²) >= 11 is 0. The minimum atomic E-state index is -0.582. The van der Waals surface area contributed by atoms with Gasteiger partial charge in [0.1, 0.15) is 0 Å². The molecule has 0 N–H and O–H groups in total. The predicted molar refractivity (Wildman–Crippen MR) is 287 cm³/mol. The molecule has 1 heterocycles. The van der Waals surface area contributed by atoms with Gasteiger partial charge >= 0.3 is 0 Å². The third kappa shape index (κ3) is 6.84. The van der Waals surface area contributed by atoms with Crippen molar-refractivity contribution in [3.8, 4) is 78.7 Å². The molecule has 0 amide bonds. The predicted octanol–water partition coefficient (Wildman–Crippen LogP) is 16.3. The Labute approximate surface area is 409 Å². The zero-order chi connectivity index (χ0) is 46.8. The van der Waals surface area contributed by atoms with Crippen molar-refractivity contribution in [1.82, 2.24) is 15.0 Å². The van der Waals surface area contributed by atoms with E-state index in [0.29, 0.717) is 17.5 Å². The number of rotatable bonds is 8. The first-order chi connectivity index (χ1) is 34.5. The fraction of sp³-hybridized carbons (Fsp3) is 0.0597. The van der Waals surface area contributed by atoms with Crippen molar-refractivity contribution in [2.75, 3.05) is 0 Å². The molecule has 0 fully saturated rings. The van der Waals surface area contributed by atoms with E-state index in [-0.39, 0.29) is 5.92 Å². The first-order valence-corrected chi connectivity index (χ1v) is 24.2. The average Bonchev–Trinajstić information content (AvgIpc) is 3.91. The van der Waals surface area contributed by atoms with Crippen LogP contribution in [0, 0.1) is 13.8 Å². The van der Waals surface area contributed by atoms with E-state index < -0.39 is 5.41 Å². The zero-order valence-corrected chi connectivity index (χ0v) is 39.0. The van der Waals surface area contributed by atoms with Gasteiger partial charge in [0, 0.05) is 22.6 Å². The van der Waals surface area contributed by atoms with Gasteiger partial charge in [0.2, 0.25) is 0 Å². The van der Waals surface area contributed by atoms with Crippen LogP contribution in [0.25, 0.3) is 78.7 Å². The lowest BCUT2D eigenvalue weighted by Crippen LogP contribution is -2.28. The Bertz CT molecular complexity index is 3660. The number of aromatic nitrogens is 3. The third-order valence-electron chi connectivity index (χ3n) is 14.7. The Hall–Kier alpha value is -8.79. The zero-order valence-electron chi connectivity index (χ0n) is 39.0. The summed E-state index contributed by atoms with van der Waals surface area (Å²) in [5.74, 6) is 2.14. The Morgan fingerprint density at radius 3 is 1.41 bits per heavy atom. The standard InChI is InChI=1S/C67H47N3/c1-43-25-32-53(33-26-43)67(54-34-27-44(2)28-35-54)61-38-31-50(49-30-37-58-59(40-49)55-23-12-13-24-57(55)63(58)45-15-6-3-7-16-45)41-60(61)56-36-29-51(42-62(56)67)48-21-14-22-52(39-48)66-69-64(46-17-8-4-9-18-46)68-65(70-66)47-19-10-5-11-20-47/h3-42,63H,1-2H3. The number of hydrogen-bond donors (Lipinski definition) is 0. The molecule has 1 unspecified atom stereocenters. The van der Waals surface area contributed by atoms with E-state index in [1.807, 2.05) is 36.4 Å². The highest BCUT2D eigenvalue weighted by Gasteiger charge is 2.46. The molecule has 0 bridgehead atoms. The lowest BCUT2D eigenvalue weighted by atomic mass is 9.67. The van der Waals surface area contributed by atoms with Crippen molar-refractivity contribution in [2.45, 2.75) is 25.2 Å². The van der Waals surface area contributed by atoms with Gasteiger partial charge in [-0.2, -0.15) is 0 Å². The van der Waals surface area contributed by atoms with Crippen molar-refractivity contribution in [1.29, 1.82) is 0 Å². The van der Waals surface area contributed by atoms with Crippen LogP contribution in [-0.2, 0) is 5.41 Å². The molecule has 0 saturated carbocycles. The molecule has 0 spiro atoms. The van der Waals surface area contributed by atoms with E-state index in [1.165, 1.54) is 83.5 Å². The van der Waals surface area contributed by atoms with Crippen LogP contribution in [0.3, 0.4) is 0 Å². The van der Waals surface area contributed by atoms with Gasteiger partial charge in [-0.05, 0) is 122 Å². The number of benzene rings is 10. The van der Waals surface area contributed by atoms with E-state index in [9.17, 15) is 0 Å². The second-order valence-corrected chi connectivity index (χ2v) is 18.9. The lowest BCUT2D eigenvalue weighted by Gasteiger charge is -2.34. The maximum absolute atomic E-state index is 5.09. The lowest BCUT2D eigenvalue weighted by molar-refractivity contribution is 0.768. The molecule has 3 heteroatoms. The minimum absolute atomic E-state index is 0.212.